The van der Waals surface area contributed by atoms with Crippen LogP contribution in [0, 0.1) is 5.92 Å². The molecule has 1 N–H and O–H groups in total. The van der Waals surface area contributed by atoms with Gasteiger partial charge in [-0.1, -0.05) is 27.7 Å². The fraction of sp³-hybridized carbons (Fsp3) is 0.692. The minimum absolute atomic E-state index is 0.478. The number of hydrogen-bond donors (Lipinski definition) is 1. The van der Waals surface area contributed by atoms with E-state index in [-0.39, 0.29) is 0 Å². The quantitative estimate of drug-likeness (QED) is 0.774. The van der Waals surface area contributed by atoms with Crippen molar-refractivity contribution in [1.82, 2.24) is 5.32 Å². The maximum Gasteiger partial charge on any atom is 0.129 e. The summed E-state index contributed by atoms with van der Waals surface area (Å²) in [5.74, 6) is 2.44. The van der Waals surface area contributed by atoms with Gasteiger partial charge in [0.25, 0.3) is 0 Å². The van der Waals surface area contributed by atoms with Gasteiger partial charge in [0, 0.05) is 12.6 Å². The van der Waals surface area contributed by atoms with Gasteiger partial charge in [0.1, 0.15) is 18.1 Å². The Balaban J connectivity index is 2.28. The molecule has 0 bridgehead atoms. The third-order valence-electron chi connectivity index (χ3n) is 2.10. The molecule has 0 unspecified atom stereocenters. The summed E-state index contributed by atoms with van der Waals surface area (Å²) in [6, 6.07) is 4.46. The summed E-state index contributed by atoms with van der Waals surface area (Å²) in [7, 11) is 0. The van der Waals surface area contributed by atoms with E-state index in [4.69, 9.17) is 9.15 Å². The van der Waals surface area contributed by atoms with Crippen LogP contribution in [0.2, 0.25) is 0 Å². The van der Waals surface area contributed by atoms with Gasteiger partial charge in [0.15, 0.2) is 0 Å². The second-order valence-electron chi connectivity index (χ2n) is 4.81. The molecule has 0 aromatic carbocycles. The second-order valence-corrected chi connectivity index (χ2v) is 4.81. The summed E-state index contributed by atoms with van der Waals surface area (Å²) in [5, 5.41) is 3.31. The summed E-state index contributed by atoms with van der Waals surface area (Å²) in [4.78, 5) is 0. The molecule has 3 heteroatoms. The largest absolute Gasteiger partial charge is 0.462 e. The predicted molar refractivity (Wildman–Crippen MR) is 65.2 cm³/mol. The standard InChI is InChI=1S/C13H23NO2/c1-10(2)8-15-9-13-6-5-12(16-13)7-14-11(3)4/h5-6,10-11,14H,7-9H2,1-4H3. The van der Waals surface area contributed by atoms with E-state index in [2.05, 4.69) is 33.0 Å². The molecule has 92 valence electrons. The van der Waals surface area contributed by atoms with Gasteiger partial charge >= 0.3 is 0 Å². The smallest absolute Gasteiger partial charge is 0.129 e. The van der Waals surface area contributed by atoms with E-state index in [0.717, 1.165) is 24.7 Å². The van der Waals surface area contributed by atoms with E-state index < -0.39 is 0 Å². The zero-order valence-electron chi connectivity index (χ0n) is 10.7. The predicted octanol–water partition coefficient (Wildman–Crippen LogP) is 2.95. The summed E-state index contributed by atoms with van der Waals surface area (Å²) in [5.41, 5.74) is 0. The molecule has 16 heavy (non-hydrogen) atoms. The Kier molecular flexibility index (Phi) is 5.56. The number of nitrogens with one attached hydrogen (secondary N) is 1. The monoisotopic (exact) mass is 225 g/mol. The van der Waals surface area contributed by atoms with Gasteiger partial charge < -0.3 is 14.5 Å². The molecule has 0 saturated heterocycles. The first kappa shape index (κ1) is 13.3. The van der Waals surface area contributed by atoms with Gasteiger partial charge in [-0.15, -0.1) is 0 Å². The molecule has 0 aliphatic heterocycles. The van der Waals surface area contributed by atoms with Crippen LogP contribution in [-0.4, -0.2) is 12.6 Å². The van der Waals surface area contributed by atoms with E-state index in [1.165, 1.54) is 0 Å². The molecule has 0 fully saturated rings. The third-order valence-corrected chi connectivity index (χ3v) is 2.10. The van der Waals surface area contributed by atoms with Gasteiger partial charge in [-0.25, -0.2) is 0 Å². The maximum atomic E-state index is 5.63. The van der Waals surface area contributed by atoms with Gasteiger partial charge in [-0.3, -0.25) is 0 Å². The maximum absolute atomic E-state index is 5.63. The highest BCUT2D eigenvalue weighted by Crippen LogP contribution is 2.09. The molecule has 3 nitrogen and oxygen atoms in total. The Morgan fingerprint density at radius 1 is 1.19 bits per heavy atom. The van der Waals surface area contributed by atoms with Crippen LogP contribution in [0.15, 0.2) is 16.5 Å². The van der Waals surface area contributed by atoms with Crippen molar-refractivity contribution in [3.8, 4) is 0 Å². The van der Waals surface area contributed by atoms with Gasteiger partial charge in [-0.05, 0) is 18.1 Å². The van der Waals surface area contributed by atoms with Gasteiger partial charge in [-0.2, -0.15) is 0 Å². The van der Waals surface area contributed by atoms with E-state index in [1.807, 2.05) is 12.1 Å². The lowest BCUT2D eigenvalue weighted by Gasteiger charge is -2.06. The molecule has 0 amide bonds. The SMILES string of the molecule is CC(C)COCc1ccc(CNC(C)C)o1. The minimum Gasteiger partial charge on any atom is -0.462 e. The topological polar surface area (TPSA) is 34.4 Å². The van der Waals surface area contributed by atoms with Crippen LogP contribution in [0.1, 0.15) is 39.2 Å². The molecule has 0 aliphatic rings. The minimum atomic E-state index is 0.478. The first-order valence-corrected chi connectivity index (χ1v) is 5.96. The van der Waals surface area contributed by atoms with E-state index in [0.29, 0.717) is 18.6 Å². The number of hydrogen-bond acceptors (Lipinski definition) is 3. The highest BCUT2D eigenvalue weighted by atomic mass is 16.5. The molecule has 0 atom stereocenters. The van der Waals surface area contributed by atoms with Crippen LogP contribution in [0.25, 0.3) is 0 Å². The Bertz CT molecular complexity index is 292. The zero-order chi connectivity index (χ0) is 12.0. The summed E-state index contributed by atoms with van der Waals surface area (Å²) < 4.78 is 11.1. The average Bonchev–Trinajstić information content (AvgIpc) is 2.62. The first-order chi connectivity index (χ1) is 7.58. The van der Waals surface area contributed by atoms with Crippen LogP contribution in [0.3, 0.4) is 0 Å². The van der Waals surface area contributed by atoms with Crippen molar-refractivity contribution in [2.75, 3.05) is 6.61 Å². The van der Waals surface area contributed by atoms with Crippen molar-refractivity contribution in [2.45, 2.75) is 46.9 Å². The van der Waals surface area contributed by atoms with Crippen LogP contribution >= 0.6 is 0 Å². The molecule has 1 rings (SSSR count). The summed E-state index contributed by atoms with van der Waals surface area (Å²) in [6.07, 6.45) is 0. The Labute approximate surface area is 98.2 Å². The van der Waals surface area contributed by atoms with Crippen LogP contribution in [0.4, 0.5) is 0 Å². The molecule has 0 spiro atoms. The second kappa shape index (κ2) is 6.71. The van der Waals surface area contributed by atoms with Crippen molar-refractivity contribution in [1.29, 1.82) is 0 Å². The highest BCUT2D eigenvalue weighted by molar-refractivity contribution is 5.06. The summed E-state index contributed by atoms with van der Waals surface area (Å²) in [6.45, 7) is 10.6. The van der Waals surface area contributed by atoms with Gasteiger partial charge in [0.05, 0.1) is 6.54 Å². The first-order valence-electron chi connectivity index (χ1n) is 5.96. The Morgan fingerprint density at radius 2 is 1.88 bits per heavy atom. The van der Waals surface area contributed by atoms with E-state index in [9.17, 15) is 0 Å². The van der Waals surface area contributed by atoms with Crippen molar-refractivity contribution >= 4 is 0 Å². The number of furan rings is 1. The van der Waals surface area contributed by atoms with E-state index in [1.54, 1.807) is 0 Å². The lowest BCUT2D eigenvalue weighted by molar-refractivity contribution is 0.0837. The van der Waals surface area contributed by atoms with Crippen LogP contribution in [-0.2, 0) is 17.9 Å². The molecular weight excluding hydrogens is 202 g/mol. The Hall–Kier alpha value is -0.800. The highest BCUT2D eigenvalue weighted by Gasteiger charge is 2.03. The molecule has 0 aliphatic carbocycles. The molecular formula is C13H23NO2. The Morgan fingerprint density at radius 3 is 2.50 bits per heavy atom. The molecule has 0 saturated carbocycles. The molecule has 1 aromatic rings. The number of rotatable bonds is 7. The van der Waals surface area contributed by atoms with Crippen molar-refractivity contribution < 1.29 is 9.15 Å². The third kappa shape index (κ3) is 5.33. The van der Waals surface area contributed by atoms with Gasteiger partial charge in [0.2, 0.25) is 0 Å². The fourth-order valence-electron chi connectivity index (χ4n) is 1.29. The van der Waals surface area contributed by atoms with E-state index >= 15 is 0 Å². The molecule has 0 radical (unpaired) electrons. The lowest BCUT2D eigenvalue weighted by Crippen LogP contribution is -2.21. The fourth-order valence-corrected chi connectivity index (χ4v) is 1.29. The molecule has 1 heterocycles. The average molecular weight is 225 g/mol. The summed E-state index contributed by atoms with van der Waals surface area (Å²) >= 11 is 0. The molecule has 1 aromatic heterocycles. The van der Waals surface area contributed by atoms with Crippen LogP contribution in [0.5, 0.6) is 0 Å². The lowest BCUT2D eigenvalue weighted by atomic mass is 10.2. The van der Waals surface area contributed by atoms with Crippen molar-refractivity contribution in [3.63, 3.8) is 0 Å². The normalized spacial score (nSPS) is 11.6. The number of ether oxygens (including phenoxy) is 1. The van der Waals surface area contributed by atoms with Crippen molar-refractivity contribution in [2.24, 2.45) is 5.92 Å². The van der Waals surface area contributed by atoms with Crippen LogP contribution < -0.4 is 5.32 Å². The zero-order valence-corrected chi connectivity index (χ0v) is 10.7. The van der Waals surface area contributed by atoms with Crippen molar-refractivity contribution in [3.05, 3.63) is 23.7 Å².